The van der Waals surface area contributed by atoms with Gasteiger partial charge in [0, 0.05) is 42.3 Å². The number of rotatable bonds is 4. The van der Waals surface area contributed by atoms with Gasteiger partial charge in [0.15, 0.2) is 0 Å². The number of nitrogens with one attached hydrogen (secondary N) is 1. The van der Waals surface area contributed by atoms with Crippen LogP contribution in [0.5, 0.6) is 10.9 Å². The SMILES string of the molecule is c1ccc2sc(Oc3ccc4c(CN5C[C@@H]6C[C@H]5CO6)c[nH]c4c3)nc2c1. The summed E-state index contributed by atoms with van der Waals surface area (Å²) in [7, 11) is 0. The fourth-order valence-electron chi connectivity index (χ4n) is 4.25. The van der Waals surface area contributed by atoms with Crippen LogP contribution in [-0.2, 0) is 11.3 Å². The number of para-hydroxylation sites is 1. The first kappa shape index (κ1) is 15.6. The van der Waals surface area contributed by atoms with Gasteiger partial charge in [0.1, 0.15) is 5.75 Å². The van der Waals surface area contributed by atoms with Gasteiger partial charge in [-0.25, -0.2) is 4.98 Å². The molecule has 4 aromatic rings. The lowest BCUT2D eigenvalue weighted by atomic mass is 10.1. The van der Waals surface area contributed by atoms with Crippen LogP contribution in [0.1, 0.15) is 12.0 Å². The van der Waals surface area contributed by atoms with Crippen LogP contribution in [0.4, 0.5) is 0 Å². The lowest BCUT2D eigenvalue weighted by Gasteiger charge is -2.26. The standard InChI is InChI=1S/C21H19N3O2S/c1-2-4-20-18(3-1)23-21(27-20)26-15-5-6-17-13(9-22-19(17)8-15)10-24-11-16-7-14(24)12-25-16/h1-6,8-9,14,16,22H,7,10-12H2/t14-,16-/m0/s1. The van der Waals surface area contributed by atoms with Crippen LogP contribution < -0.4 is 4.74 Å². The molecule has 4 heterocycles. The summed E-state index contributed by atoms with van der Waals surface area (Å²) in [5, 5.41) is 1.94. The van der Waals surface area contributed by atoms with Crippen molar-refractivity contribution in [1.82, 2.24) is 14.9 Å². The van der Waals surface area contributed by atoms with E-state index >= 15 is 0 Å². The number of aromatic nitrogens is 2. The lowest BCUT2D eigenvalue weighted by molar-refractivity contribution is 0.0275. The van der Waals surface area contributed by atoms with E-state index in [1.807, 2.05) is 24.3 Å². The van der Waals surface area contributed by atoms with Gasteiger partial charge >= 0.3 is 0 Å². The number of hydrogen-bond acceptors (Lipinski definition) is 5. The Labute approximate surface area is 160 Å². The number of hydrogen-bond donors (Lipinski definition) is 1. The molecule has 2 aliphatic rings. The molecule has 136 valence electrons. The van der Waals surface area contributed by atoms with E-state index in [1.165, 1.54) is 17.4 Å². The monoisotopic (exact) mass is 377 g/mol. The number of morpholine rings is 1. The average Bonchev–Trinajstić information content (AvgIpc) is 3.45. The highest BCUT2D eigenvalue weighted by atomic mass is 32.1. The van der Waals surface area contributed by atoms with Crippen molar-refractivity contribution in [2.75, 3.05) is 13.2 Å². The molecule has 2 aromatic carbocycles. The molecule has 6 heteroatoms. The summed E-state index contributed by atoms with van der Waals surface area (Å²) in [6.07, 6.45) is 3.75. The predicted octanol–water partition coefficient (Wildman–Crippen LogP) is 4.54. The Morgan fingerprint density at radius 3 is 3.07 bits per heavy atom. The second-order valence-corrected chi connectivity index (χ2v) is 8.34. The Bertz CT molecular complexity index is 1100. The Balaban J connectivity index is 1.25. The highest BCUT2D eigenvalue weighted by Gasteiger charge is 2.38. The Morgan fingerprint density at radius 1 is 1.26 bits per heavy atom. The first-order valence-corrected chi connectivity index (χ1v) is 10.1. The molecule has 0 radical (unpaired) electrons. The van der Waals surface area contributed by atoms with Gasteiger partial charge in [-0.15, -0.1) is 0 Å². The first-order chi connectivity index (χ1) is 13.3. The van der Waals surface area contributed by atoms with Crippen LogP contribution in [-0.4, -0.2) is 40.2 Å². The van der Waals surface area contributed by atoms with Gasteiger partial charge in [0.2, 0.25) is 0 Å². The summed E-state index contributed by atoms with van der Waals surface area (Å²) in [5.41, 5.74) is 3.41. The van der Waals surface area contributed by atoms with E-state index in [0.29, 0.717) is 17.3 Å². The van der Waals surface area contributed by atoms with Gasteiger partial charge in [0.05, 0.1) is 22.9 Å². The van der Waals surface area contributed by atoms with Crippen molar-refractivity contribution >= 4 is 32.5 Å². The largest absolute Gasteiger partial charge is 0.431 e. The van der Waals surface area contributed by atoms with Gasteiger partial charge in [-0.1, -0.05) is 23.5 Å². The van der Waals surface area contributed by atoms with E-state index < -0.39 is 0 Å². The van der Waals surface area contributed by atoms with E-state index in [1.54, 1.807) is 11.3 Å². The van der Waals surface area contributed by atoms with Gasteiger partial charge in [-0.05, 0) is 36.2 Å². The highest BCUT2D eigenvalue weighted by Crippen LogP contribution is 2.34. The Hall–Kier alpha value is -2.41. The van der Waals surface area contributed by atoms with Crippen molar-refractivity contribution in [2.24, 2.45) is 0 Å². The van der Waals surface area contributed by atoms with Crippen LogP contribution >= 0.6 is 11.3 Å². The smallest absolute Gasteiger partial charge is 0.279 e. The number of nitrogens with zero attached hydrogens (tertiary/aromatic N) is 2. The number of H-pyrrole nitrogens is 1. The van der Waals surface area contributed by atoms with Crippen LogP contribution in [0.25, 0.3) is 21.1 Å². The molecular weight excluding hydrogens is 358 g/mol. The molecule has 0 unspecified atom stereocenters. The van der Waals surface area contributed by atoms with Crippen molar-refractivity contribution in [2.45, 2.75) is 25.1 Å². The third kappa shape index (κ3) is 2.72. The number of benzene rings is 2. The Kier molecular flexibility index (Phi) is 3.50. The maximum atomic E-state index is 6.01. The molecule has 27 heavy (non-hydrogen) atoms. The van der Waals surface area contributed by atoms with Gasteiger partial charge < -0.3 is 14.5 Å². The first-order valence-electron chi connectivity index (χ1n) is 9.31. The molecule has 2 aliphatic heterocycles. The van der Waals surface area contributed by atoms with Crippen molar-refractivity contribution in [1.29, 1.82) is 0 Å². The van der Waals surface area contributed by atoms with Crippen molar-refractivity contribution in [3.63, 3.8) is 0 Å². The fourth-order valence-corrected chi connectivity index (χ4v) is 5.08. The number of thiazole rings is 1. The summed E-state index contributed by atoms with van der Waals surface area (Å²) in [6.45, 7) is 2.91. The second kappa shape index (κ2) is 6.05. The van der Waals surface area contributed by atoms with E-state index in [-0.39, 0.29) is 0 Å². The maximum Gasteiger partial charge on any atom is 0.279 e. The van der Waals surface area contributed by atoms with Crippen LogP contribution in [0.2, 0.25) is 0 Å². The zero-order chi connectivity index (χ0) is 17.8. The van der Waals surface area contributed by atoms with Crippen molar-refractivity contribution in [3.05, 3.63) is 54.2 Å². The molecule has 2 atom stereocenters. The average molecular weight is 377 g/mol. The quantitative estimate of drug-likeness (QED) is 0.567. The van der Waals surface area contributed by atoms with E-state index in [0.717, 1.165) is 41.2 Å². The molecule has 2 bridgehead atoms. The minimum absolute atomic E-state index is 0.439. The maximum absolute atomic E-state index is 6.01. The summed E-state index contributed by atoms with van der Waals surface area (Å²) in [4.78, 5) is 10.5. The molecule has 0 aliphatic carbocycles. The fraction of sp³-hybridized carbons (Fsp3) is 0.286. The topological polar surface area (TPSA) is 50.4 Å². The zero-order valence-corrected chi connectivity index (χ0v) is 15.5. The van der Waals surface area contributed by atoms with Crippen LogP contribution in [0.15, 0.2) is 48.7 Å². The van der Waals surface area contributed by atoms with Crippen molar-refractivity contribution in [3.8, 4) is 10.9 Å². The van der Waals surface area contributed by atoms with Gasteiger partial charge in [-0.2, -0.15) is 0 Å². The van der Waals surface area contributed by atoms with Crippen molar-refractivity contribution < 1.29 is 9.47 Å². The number of aromatic amines is 1. The van der Waals surface area contributed by atoms with Crippen LogP contribution in [0.3, 0.4) is 0 Å². The number of fused-ring (bicyclic) bond motifs is 4. The molecule has 0 amide bonds. The molecule has 5 nitrogen and oxygen atoms in total. The molecule has 0 saturated carbocycles. The number of likely N-dealkylation sites (tertiary alicyclic amines) is 1. The highest BCUT2D eigenvalue weighted by molar-refractivity contribution is 7.20. The second-order valence-electron chi connectivity index (χ2n) is 7.35. The van der Waals surface area contributed by atoms with E-state index in [9.17, 15) is 0 Å². The third-order valence-corrected chi connectivity index (χ3v) is 6.52. The van der Waals surface area contributed by atoms with Gasteiger partial charge in [-0.3, -0.25) is 4.90 Å². The minimum atomic E-state index is 0.439. The molecule has 2 fully saturated rings. The summed E-state index contributed by atoms with van der Waals surface area (Å²) >= 11 is 1.57. The van der Waals surface area contributed by atoms with E-state index in [4.69, 9.17) is 9.47 Å². The lowest BCUT2D eigenvalue weighted by Crippen LogP contribution is -2.36. The summed E-state index contributed by atoms with van der Waals surface area (Å²) < 4.78 is 12.9. The molecule has 1 N–H and O–H groups in total. The predicted molar refractivity (Wildman–Crippen MR) is 107 cm³/mol. The molecule has 2 saturated heterocycles. The molecule has 2 aromatic heterocycles. The minimum Gasteiger partial charge on any atom is -0.431 e. The summed E-state index contributed by atoms with van der Waals surface area (Å²) in [5.74, 6) is 0.809. The van der Waals surface area contributed by atoms with Gasteiger partial charge in [0.25, 0.3) is 5.19 Å². The number of ether oxygens (including phenoxy) is 2. The third-order valence-electron chi connectivity index (χ3n) is 5.61. The van der Waals surface area contributed by atoms with E-state index in [2.05, 4.69) is 39.3 Å². The zero-order valence-electron chi connectivity index (χ0n) is 14.7. The molecule has 6 rings (SSSR count). The van der Waals surface area contributed by atoms with Crippen LogP contribution in [0, 0.1) is 0 Å². The molecular formula is C21H19N3O2S. The Morgan fingerprint density at radius 2 is 2.22 bits per heavy atom. The summed E-state index contributed by atoms with van der Waals surface area (Å²) in [6, 6.07) is 14.9. The molecule has 0 spiro atoms. The normalized spacial score (nSPS) is 22.2.